The van der Waals surface area contributed by atoms with Gasteiger partial charge in [-0.2, -0.15) is 0 Å². The van der Waals surface area contributed by atoms with E-state index in [-0.39, 0.29) is 0 Å². The van der Waals surface area contributed by atoms with Gasteiger partial charge in [-0.25, -0.2) is 0 Å². The summed E-state index contributed by atoms with van der Waals surface area (Å²) in [6.07, 6.45) is 3.63. The molecule has 88 valence electrons. The van der Waals surface area contributed by atoms with Crippen molar-refractivity contribution in [3.63, 3.8) is 0 Å². The van der Waals surface area contributed by atoms with Gasteiger partial charge in [-0.1, -0.05) is 29.3 Å². The molecule has 2 aromatic rings. The lowest BCUT2D eigenvalue weighted by Crippen LogP contribution is -2.02. The lowest BCUT2D eigenvalue weighted by atomic mass is 10.1. The molecule has 0 spiro atoms. The van der Waals surface area contributed by atoms with E-state index in [1.54, 1.807) is 12.3 Å². The van der Waals surface area contributed by atoms with Gasteiger partial charge in [-0.15, -0.1) is 0 Å². The SMILES string of the molecule is Cc1ccncc1CNc1cccc(Cl)c1Cl. The van der Waals surface area contributed by atoms with Crippen molar-refractivity contribution in [3.05, 3.63) is 57.8 Å². The summed E-state index contributed by atoms with van der Waals surface area (Å²) in [6, 6.07) is 7.52. The quantitative estimate of drug-likeness (QED) is 0.896. The van der Waals surface area contributed by atoms with E-state index in [4.69, 9.17) is 23.2 Å². The second-order valence-electron chi connectivity index (χ2n) is 3.76. The van der Waals surface area contributed by atoms with Crippen LogP contribution >= 0.6 is 23.2 Å². The van der Waals surface area contributed by atoms with Crippen molar-refractivity contribution in [1.29, 1.82) is 0 Å². The molecule has 2 nitrogen and oxygen atoms in total. The molecule has 0 aliphatic carbocycles. The molecule has 1 N–H and O–H groups in total. The standard InChI is InChI=1S/C13H12Cl2N2/c1-9-5-6-16-7-10(9)8-17-12-4-2-3-11(14)13(12)15/h2-7,17H,8H2,1H3. The summed E-state index contributed by atoms with van der Waals surface area (Å²) in [7, 11) is 0. The van der Waals surface area contributed by atoms with E-state index in [1.807, 2.05) is 24.4 Å². The average Bonchev–Trinajstić information content (AvgIpc) is 2.33. The van der Waals surface area contributed by atoms with Crippen LogP contribution in [0.1, 0.15) is 11.1 Å². The number of aryl methyl sites for hydroxylation is 1. The van der Waals surface area contributed by atoms with Crippen molar-refractivity contribution >= 4 is 28.9 Å². The Kier molecular flexibility index (Phi) is 3.87. The van der Waals surface area contributed by atoms with Crippen LogP contribution in [0.2, 0.25) is 10.0 Å². The molecule has 0 bridgehead atoms. The van der Waals surface area contributed by atoms with Gasteiger partial charge in [0.05, 0.1) is 15.7 Å². The van der Waals surface area contributed by atoms with Gasteiger partial charge in [-0.3, -0.25) is 4.98 Å². The van der Waals surface area contributed by atoms with Crippen molar-refractivity contribution in [3.8, 4) is 0 Å². The summed E-state index contributed by atoms with van der Waals surface area (Å²) in [5.74, 6) is 0. The number of halogens is 2. The number of anilines is 1. The van der Waals surface area contributed by atoms with Gasteiger partial charge in [0.25, 0.3) is 0 Å². The topological polar surface area (TPSA) is 24.9 Å². The minimum atomic E-state index is 0.552. The first-order valence-electron chi connectivity index (χ1n) is 5.26. The van der Waals surface area contributed by atoms with Crippen molar-refractivity contribution < 1.29 is 0 Å². The van der Waals surface area contributed by atoms with E-state index in [1.165, 1.54) is 5.56 Å². The number of rotatable bonds is 3. The van der Waals surface area contributed by atoms with Gasteiger partial charge >= 0.3 is 0 Å². The van der Waals surface area contributed by atoms with E-state index in [0.717, 1.165) is 11.3 Å². The molecular formula is C13H12Cl2N2. The van der Waals surface area contributed by atoms with Gasteiger partial charge in [0.15, 0.2) is 0 Å². The Morgan fingerprint density at radius 3 is 2.82 bits per heavy atom. The fraction of sp³-hybridized carbons (Fsp3) is 0.154. The van der Waals surface area contributed by atoms with Crippen molar-refractivity contribution in [2.75, 3.05) is 5.32 Å². The van der Waals surface area contributed by atoms with Crippen LogP contribution in [-0.2, 0) is 6.54 Å². The highest BCUT2D eigenvalue weighted by Crippen LogP contribution is 2.29. The van der Waals surface area contributed by atoms with E-state index in [9.17, 15) is 0 Å². The lowest BCUT2D eigenvalue weighted by Gasteiger charge is -2.10. The molecule has 0 radical (unpaired) electrons. The molecule has 0 unspecified atom stereocenters. The van der Waals surface area contributed by atoms with Crippen LogP contribution < -0.4 is 5.32 Å². The highest BCUT2D eigenvalue weighted by Gasteiger charge is 2.04. The molecule has 4 heteroatoms. The second kappa shape index (κ2) is 5.39. The second-order valence-corrected chi connectivity index (χ2v) is 4.54. The third-order valence-corrected chi connectivity index (χ3v) is 3.39. The first kappa shape index (κ1) is 12.2. The van der Waals surface area contributed by atoms with Gasteiger partial charge in [0.1, 0.15) is 0 Å². The zero-order chi connectivity index (χ0) is 12.3. The van der Waals surface area contributed by atoms with Crippen molar-refractivity contribution in [2.45, 2.75) is 13.5 Å². The van der Waals surface area contributed by atoms with Crippen LogP contribution in [0, 0.1) is 6.92 Å². The zero-order valence-electron chi connectivity index (χ0n) is 9.37. The molecule has 0 saturated carbocycles. The van der Waals surface area contributed by atoms with E-state index < -0.39 is 0 Å². The number of nitrogens with zero attached hydrogens (tertiary/aromatic N) is 1. The molecule has 1 aromatic heterocycles. The van der Waals surface area contributed by atoms with E-state index in [0.29, 0.717) is 16.6 Å². The smallest absolute Gasteiger partial charge is 0.0823 e. The Balaban J connectivity index is 2.13. The summed E-state index contributed by atoms with van der Waals surface area (Å²) in [5, 5.41) is 4.36. The van der Waals surface area contributed by atoms with Crippen LogP contribution in [0.25, 0.3) is 0 Å². The molecule has 2 rings (SSSR count). The average molecular weight is 267 g/mol. The summed E-state index contributed by atoms with van der Waals surface area (Å²) in [6.45, 7) is 2.73. The Bertz CT molecular complexity index is 527. The molecule has 0 atom stereocenters. The predicted octanol–water partition coefficient (Wildman–Crippen LogP) is 4.31. The minimum Gasteiger partial charge on any atom is -0.380 e. The van der Waals surface area contributed by atoms with Gasteiger partial charge in [0.2, 0.25) is 0 Å². The van der Waals surface area contributed by atoms with Crippen LogP contribution in [0.15, 0.2) is 36.7 Å². The van der Waals surface area contributed by atoms with Gasteiger partial charge in [-0.05, 0) is 36.2 Å². The van der Waals surface area contributed by atoms with Crippen LogP contribution in [0.3, 0.4) is 0 Å². The van der Waals surface area contributed by atoms with Gasteiger partial charge < -0.3 is 5.32 Å². The summed E-state index contributed by atoms with van der Waals surface area (Å²) >= 11 is 12.0. The molecule has 17 heavy (non-hydrogen) atoms. The molecule has 0 amide bonds. The van der Waals surface area contributed by atoms with Crippen molar-refractivity contribution in [1.82, 2.24) is 4.98 Å². The third-order valence-electron chi connectivity index (χ3n) is 2.57. The Morgan fingerprint density at radius 1 is 1.24 bits per heavy atom. The molecule has 1 aromatic carbocycles. The highest BCUT2D eigenvalue weighted by atomic mass is 35.5. The number of nitrogens with one attached hydrogen (secondary N) is 1. The first-order chi connectivity index (χ1) is 8.18. The molecular weight excluding hydrogens is 255 g/mol. The number of aromatic nitrogens is 1. The fourth-order valence-electron chi connectivity index (χ4n) is 1.51. The van der Waals surface area contributed by atoms with Crippen molar-refractivity contribution in [2.24, 2.45) is 0 Å². The van der Waals surface area contributed by atoms with E-state index in [2.05, 4.69) is 17.2 Å². The number of pyridine rings is 1. The molecule has 0 fully saturated rings. The van der Waals surface area contributed by atoms with Crippen LogP contribution in [0.5, 0.6) is 0 Å². The third kappa shape index (κ3) is 2.90. The van der Waals surface area contributed by atoms with Gasteiger partial charge in [0, 0.05) is 18.9 Å². The summed E-state index contributed by atoms with van der Waals surface area (Å²) in [4.78, 5) is 4.10. The highest BCUT2D eigenvalue weighted by molar-refractivity contribution is 6.43. The summed E-state index contributed by atoms with van der Waals surface area (Å²) in [5.41, 5.74) is 3.18. The Labute approximate surface area is 111 Å². The first-order valence-corrected chi connectivity index (χ1v) is 6.01. The largest absolute Gasteiger partial charge is 0.380 e. The Hall–Kier alpha value is -1.25. The zero-order valence-corrected chi connectivity index (χ0v) is 10.9. The molecule has 0 aliphatic heterocycles. The normalized spacial score (nSPS) is 10.3. The maximum atomic E-state index is 6.09. The lowest BCUT2D eigenvalue weighted by molar-refractivity contribution is 1.08. The summed E-state index contributed by atoms with van der Waals surface area (Å²) < 4.78 is 0. The minimum absolute atomic E-state index is 0.552. The monoisotopic (exact) mass is 266 g/mol. The molecule has 0 aliphatic rings. The number of benzene rings is 1. The Morgan fingerprint density at radius 2 is 2.06 bits per heavy atom. The van der Waals surface area contributed by atoms with Crippen LogP contribution in [0.4, 0.5) is 5.69 Å². The maximum Gasteiger partial charge on any atom is 0.0823 e. The fourth-order valence-corrected chi connectivity index (χ4v) is 1.88. The molecule has 0 saturated heterocycles. The predicted molar refractivity (Wildman–Crippen MR) is 72.8 cm³/mol. The number of hydrogen-bond donors (Lipinski definition) is 1. The number of hydrogen-bond acceptors (Lipinski definition) is 2. The van der Waals surface area contributed by atoms with Crippen LogP contribution in [-0.4, -0.2) is 4.98 Å². The maximum absolute atomic E-state index is 6.09. The van der Waals surface area contributed by atoms with E-state index >= 15 is 0 Å². The molecule has 1 heterocycles.